The number of pyridine rings is 1. The van der Waals surface area contributed by atoms with Gasteiger partial charge in [0.1, 0.15) is 0 Å². The van der Waals surface area contributed by atoms with Crippen LogP contribution in [-0.2, 0) is 0 Å². The maximum atomic E-state index is 5.97. The quantitative estimate of drug-likeness (QED) is 0.623. The largest absolute Gasteiger partial charge is 0.398 e. The molecular weight excluding hydrogens is 222 g/mol. The standard InChI is InChI=1S/C15H19N3/c16-14-5-6-15(13-10-17-9-7-12(13)14)18-8-1-2-11-3-4-11/h5-7,9-11,18H,1-4,8,16H2. The molecule has 1 heterocycles. The zero-order valence-corrected chi connectivity index (χ0v) is 10.5. The van der Waals surface area contributed by atoms with Crippen molar-refractivity contribution in [3.63, 3.8) is 0 Å². The van der Waals surface area contributed by atoms with Crippen molar-refractivity contribution < 1.29 is 0 Å². The molecular formula is C15H19N3. The number of nitrogens with zero attached hydrogens (tertiary/aromatic N) is 1. The first-order valence-electron chi connectivity index (χ1n) is 6.70. The Hall–Kier alpha value is -1.77. The van der Waals surface area contributed by atoms with Crippen LogP contribution in [0.15, 0.2) is 30.6 Å². The van der Waals surface area contributed by atoms with Crippen molar-refractivity contribution in [2.75, 3.05) is 17.6 Å². The highest BCUT2D eigenvalue weighted by atomic mass is 14.9. The van der Waals surface area contributed by atoms with Gasteiger partial charge in [-0.05, 0) is 37.0 Å². The minimum absolute atomic E-state index is 0.816. The highest BCUT2D eigenvalue weighted by Gasteiger charge is 2.19. The molecule has 1 saturated carbocycles. The summed E-state index contributed by atoms with van der Waals surface area (Å²) in [6, 6.07) is 5.99. The molecule has 3 rings (SSSR count). The molecule has 0 atom stereocenters. The molecule has 0 bridgehead atoms. The predicted octanol–water partition coefficient (Wildman–Crippen LogP) is 3.42. The molecule has 0 amide bonds. The van der Waals surface area contributed by atoms with Gasteiger partial charge in [0.05, 0.1) is 0 Å². The lowest BCUT2D eigenvalue weighted by molar-refractivity contribution is 0.687. The summed E-state index contributed by atoms with van der Waals surface area (Å²) in [7, 11) is 0. The van der Waals surface area contributed by atoms with Gasteiger partial charge < -0.3 is 11.1 Å². The Morgan fingerprint density at radius 3 is 2.94 bits per heavy atom. The topological polar surface area (TPSA) is 50.9 Å². The van der Waals surface area contributed by atoms with Crippen molar-refractivity contribution in [3.05, 3.63) is 30.6 Å². The first-order valence-corrected chi connectivity index (χ1v) is 6.70. The Morgan fingerprint density at radius 1 is 1.22 bits per heavy atom. The van der Waals surface area contributed by atoms with Crippen LogP contribution in [0.5, 0.6) is 0 Å². The zero-order chi connectivity index (χ0) is 12.4. The van der Waals surface area contributed by atoms with Crippen LogP contribution in [0.2, 0.25) is 0 Å². The maximum Gasteiger partial charge on any atom is 0.0437 e. The van der Waals surface area contributed by atoms with Gasteiger partial charge in [-0.1, -0.05) is 12.8 Å². The van der Waals surface area contributed by atoms with E-state index in [0.29, 0.717) is 0 Å². The van der Waals surface area contributed by atoms with Crippen molar-refractivity contribution in [3.8, 4) is 0 Å². The fraction of sp³-hybridized carbons (Fsp3) is 0.400. The zero-order valence-electron chi connectivity index (χ0n) is 10.5. The first kappa shape index (κ1) is 11.3. The number of fused-ring (bicyclic) bond motifs is 1. The van der Waals surface area contributed by atoms with E-state index in [1.54, 1.807) is 6.20 Å². The number of nitrogen functional groups attached to an aromatic ring is 1. The molecule has 0 aliphatic heterocycles. The molecule has 0 spiro atoms. The third-order valence-corrected chi connectivity index (χ3v) is 3.65. The number of hydrogen-bond acceptors (Lipinski definition) is 3. The van der Waals surface area contributed by atoms with Gasteiger partial charge in [0.25, 0.3) is 0 Å². The molecule has 3 N–H and O–H groups in total. The number of hydrogen-bond donors (Lipinski definition) is 2. The Morgan fingerprint density at radius 2 is 2.11 bits per heavy atom. The molecule has 0 radical (unpaired) electrons. The molecule has 3 nitrogen and oxygen atoms in total. The van der Waals surface area contributed by atoms with E-state index in [1.807, 2.05) is 18.3 Å². The maximum absolute atomic E-state index is 5.97. The van der Waals surface area contributed by atoms with Crippen LogP contribution < -0.4 is 11.1 Å². The monoisotopic (exact) mass is 241 g/mol. The molecule has 3 heteroatoms. The number of benzene rings is 1. The van der Waals surface area contributed by atoms with Gasteiger partial charge in [-0.15, -0.1) is 0 Å². The summed E-state index contributed by atoms with van der Waals surface area (Å²) in [5, 5.41) is 5.70. The van der Waals surface area contributed by atoms with Gasteiger partial charge in [0, 0.05) is 41.1 Å². The Bertz CT molecular complexity index is 546. The fourth-order valence-corrected chi connectivity index (χ4v) is 2.39. The van der Waals surface area contributed by atoms with E-state index in [2.05, 4.69) is 16.4 Å². The Kier molecular flexibility index (Phi) is 3.05. The fourth-order valence-electron chi connectivity index (χ4n) is 2.39. The lowest BCUT2D eigenvalue weighted by Crippen LogP contribution is -2.03. The summed E-state index contributed by atoms with van der Waals surface area (Å²) in [6.45, 7) is 1.03. The third-order valence-electron chi connectivity index (χ3n) is 3.65. The minimum atomic E-state index is 0.816. The number of anilines is 2. The number of nitrogens with one attached hydrogen (secondary N) is 1. The first-order chi connectivity index (χ1) is 8.84. The van der Waals surface area contributed by atoms with Gasteiger partial charge in [-0.3, -0.25) is 4.98 Å². The summed E-state index contributed by atoms with van der Waals surface area (Å²) in [5.41, 5.74) is 7.93. The second kappa shape index (κ2) is 4.84. The number of aromatic nitrogens is 1. The van der Waals surface area contributed by atoms with E-state index in [0.717, 1.165) is 34.6 Å². The minimum Gasteiger partial charge on any atom is -0.398 e. The molecule has 1 aliphatic rings. The molecule has 94 valence electrons. The lowest BCUT2D eigenvalue weighted by atomic mass is 10.1. The van der Waals surface area contributed by atoms with Gasteiger partial charge in [0.2, 0.25) is 0 Å². The van der Waals surface area contributed by atoms with Crippen LogP contribution in [-0.4, -0.2) is 11.5 Å². The molecule has 1 aromatic carbocycles. The van der Waals surface area contributed by atoms with E-state index in [-0.39, 0.29) is 0 Å². The van der Waals surface area contributed by atoms with Crippen LogP contribution in [0.1, 0.15) is 25.7 Å². The molecule has 1 aliphatic carbocycles. The van der Waals surface area contributed by atoms with Gasteiger partial charge >= 0.3 is 0 Å². The summed E-state index contributed by atoms with van der Waals surface area (Å²) >= 11 is 0. The van der Waals surface area contributed by atoms with Crippen LogP contribution >= 0.6 is 0 Å². The SMILES string of the molecule is Nc1ccc(NCCCC2CC2)c2cnccc12. The summed E-state index contributed by atoms with van der Waals surface area (Å²) in [5.74, 6) is 1.01. The van der Waals surface area contributed by atoms with E-state index < -0.39 is 0 Å². The number of nitrogens with two attached hydrogens (primary N) is 1. The van der Waals surface area contributed by atoms with Crippen LogP contribution in [0.3, 0.4) is 0 Å². The van der Waals surface area contributed by atoms with Crippen molar-refractivity contribution in [2.45, 2.75) is 25.7 Å². The Balaban J connectivity index is 1.72. The van der Waals surface area contributed by atoms with Crippen molar-refractivity contribution in [2.24, 2.45) is 5.92 Å². The molecule has 2 aromatic rings. The highest BCUT2D eigenvalue weighted by Crippen LogP contribution is 2.33. The molecule has 1 fully saturated rings. The summed E-state index contributed by atoms with van der Waals surface area (Å²) < 4.78 is 0. The van der Waals surface area contributed by atoms with Crippen molar-refractivity contribution in [1.82, 2.24) is 4.98 Å². The molecule has 1 aromatic heterocycles. The van der Waals surface area contributed by atoms with Crippen molar-refractivity contribution >= 4 is 22.1 Å². The van der Waals surface area contributed by atoms with E-state index in [1.165, 1.54) is 25.7 Å². The summed E-state index contributed by atoms with van der Waals surface area (Å²) in [6.07, 6.45) is 9.16. The molecule has 0 unspecified atom stereocenters. The lowest BCUT2D eigenvalue weighted by Gasteiger charge is -2.10. The average molecular weight is 241 g/mol. The van der Waals surface area contributed by atoms with Gasteiger partial charge in [0.15, 0.2) is 0 Å². The Labute approximate surface area is 107 Å². The normalized spacial score (nSPS) is 14.9. The van der Waals surface area contributed by atoms with E-state index in [4.69, 9.17) is 5.73 Å². The summed E-state index contributed by atoms with van der Waals surface area (Å²) in [4.78, 5) is 4.19. The smallest absolute Gasteiger partial charge is 0.0437 e. The van der Waals surface area contributed by atoms with Crippen LogP contribution in [0, 0.1) is 5.92 Å². The van der Waals surface area contributed by atoms with Gasteiger partial charge in [-0.25, -0.2) is 0 Å². The van der Waals surface area contributed by atoms with Crippen LogP contribution in [0.4, 0.5) is 11.4 Å². The van der Waals surface area contributed by atoms with Gasteiger partial charge in [-0.2, -0.15) is 0 Å². The average Bonchev–Trinajstić information content (AvgIpc) is 3.21. The highest BCUT2D eigenvalue weighted by molar-refractivity contribution is 6.00. The molecule has 0 saturated heterocycles. The second-order valence-corrected chi connectivity index (χ2v) is 5.14. The second-order valence-electron chi connectivity index (χ2n) is 5.14. The third kappa shape index (κ3) is 2.40. The predicted molar refractivity (Wildman–Crippen MR) is 76.6 cm³/mol. The number of rotatable bonds is 5. The molecule has 18 heavy (non-hydrogen) atoms. The van der Waals surface area contributed by atoms with Crippen molar-refractivity contribution in [1.29, 1.82) is 0 Å². The van der Waals surface area contributed by atoms with E-state index in [9.17, 15) is 0 Å². The van der Waals surface area contributed by atoms with E-state index >= 15 is 0 Å². The van der Waals surface area contributed by atoms with Crippen LogP contribution in [0.25, 0.3) is 10.8 Å².